The minimum atomic E-state index is -0.422. The molecule has 1 amide bonds. The summed E-state index contributed by atoms with van der Waals surface area (Å²) in [5, 5.41) is 6.62. The molecule has 4 nitrogen and oxygen atoms in total. The zero-order chi connectivity index (χ0) is 15.3. The van der Waals surface area contributed by atoms with Crippen LogP contribution >= 0.6 is 0 Å². The van der Waals surface area contributed by atoms with Gasteiger partial charge in [0, 0.05) is 12.6 Å². The van der Waals surface area contributed by atoms with Gasteiger partial charge in [0.2, 0.25) is 0 Å². The van der Waals surface area contributed by atoms with Gasteiger partial charge in [0.1, 0.15) is 5.60 Å². The molecule has 0 aliphatic heterocycles. The lowest BCUT2D eigenvalue weighted by molar-refractivity contribution is 0.0520. The molecular formula is C17H32N2O2. The number of hydrogen-bond donors (Lipinski definition) is 2. The van der Waals surface area contributed by atoms with Crippen LogP contribution in [0.5, 0.6) is 0 Å². The molecule has 2 aliphatic carbocycles. The van der Waals surface area contributed by atoms with Crippen molar-refractivity contribution in [2.24, 2.45) is 11.8 Å². The summed E-state index contributed by atoms with van der Waals surface area (Å²) in [4.78, 5) is 11.8. The molecule has 2 aliphatic rings. The van der Waals surface area contributed by atoms with Crippen molar-refractivity contribution in [1.82, 2.24) is 10.6 Å². The molecule has 2 fully saturated rings. The maximum absolute atomic E-state index is 11.8. The van der Waals surface area contributed by atoms with Gasteiger partial charge in [-0.05, 0) is 64.8 Å². The summed E-state index contributed by atoms with van der Waals surface area (Å²) < 4.78 is 5.30. The molecule has 0 aromatic carbocycles. The number of hydrogen-bond acceptors (Lipinski definition) is 3. The van der Waals surface area contributed by atoms with Gasteiger partial charge in [-0.25, -0.2) is 4.79 Å². The summed E-state index contributed by atoms with van der Waals surface area (Å²) in [5.41, 5.74) is -0.422. The molecule has 0 spiro atoms. The van der Waals surface area contributed by atoms with Crippen LogP contribution in [-0.4, -0.2) is 30.8 Å². The summed E-state index contributed by atoms with van der Waals surface area (Å²) in [5.74, 6) is 1.57. The number of nitrogens with one attached hydrogen (secondary N) is 2. The third-order valence-electron chi connectivity index (χ3n) is 4.45. The molecule has 2 N–H and O–H groups in total. The maximum Gasteiger partial charge on any atom is 0.407 e. The number of carbonyl (C=O) groups excluding carboxylic acids is 1. The fraction of sp³-hybridized carbons (Fsp3) is 0.941. The van der Waals surface area contributed by atoms with E-state index in [0.717, 1.165) is 18.4 Å². The van der Waals surface area contributed by atoms with Gasteiger partial charge in [-0.15, -0.1) is 0 Å². The Morgan fingerprint density at radius 3 is 2.38 bits per heavy atom. The predicted octanol–water partition coefficient (Wildman–Crippen LogP) is 3.46. The van der Waals surface area contributed by atoms with Gasteiger partial charge in [-0.1, -0.05) is 19.3 Å². The SMILES string of the molecule is CC(C)(C)OC(=O)NCC(NCC1CCCCC1)C1CC1. The van der Waals surface area contributed by atoms with Crippen molar-refractivity contribution >= 4 is 6.09 Å². The summed E-state index contributed by atoms with van der Waals surface area (Å²) in [7, 11) is 0. The van der Waals surface area contributed by atoms with Crippen LogP contribution in [-0.2, 0) is 4.74 Å². The van der Waals surface area contributed by atoms with Gasteiger partial charge in [0.25, 0.3) is 0 Å². The zero-order valence-corrected chi connectivity index (χ0v) is 13.9. The van der Waals surface area contributed by atoms with Crippen molar-refractivity contribution in [1.29, 1.82) is 0 Å². The van der Waals surface area contributed by atoms with E-state index in [2.05, 4.69) is 10.6 Å². The third-order valence-corrected chi connectivity index (χ3v) is 4.45. The molecule has 0 aromatic heterocycles. The minimum Gasteiger partial charge on any atom is -0.444 e. The Labute approximate surface area is 129 Å². The standard InChI is InChI=1S/C17H32N2O2/c1-17(2,3)21-16(20)19-12-15(14-9-10-14)18-11-13-7-5-4-6-8-13/h13-15,18H,4-12H2,1-3H3,(H,19,20). The van der Waals surface area contributed by atoms with Crippen LogP contribution in [0.15, 0.2) is 0 Å². The van der Waals surface area contributed by atoms with Crippen LogP contribution in [0.4, 0.5) is 4.79 Å². The minimum absolute atomic E-state index is 0.299. The quantitative estimate of drug-likeness (QED) is 0.789. The summed E-state index contributed by atoms with van der Waals surface area (Å²) in [6.07, 6.45) is 9.19. The maximum atomic E-state index is 11.8. The van der Waals surface area contributed by atoms with Crippen molar-refractivity contribution in [2.45, 2.75) is 77.4 Å². The lowest BCUT2D eigenvalue weighted by Gasteiger charge is -2.26. The molecule has 2 rings (SSSR count). The van der Waals surface area contributed by atoms with Crippen molar-refractivity contribution in [3.05, 3.63) is 0 Å². The molecule has 0 heterocycles. The number of amides is 1. The number of carbonyl (C=O) groups is 1. The highest BCUT2D eigenvalue weighted by molar-refractivity contribution is 5.67. The first-order valence-electron chi connectivity index (χ1n) is 8.64. The molecule has 1 unspecified atom stereocenters. The molecule has 21 heavy (non-hydrogen) atoms. The molecule has 0 bridgehead atoms. The molecule has 0 saturated heterocycles. The summed E-state index contributed by atoms with van der Waals surface area (Å²) in [6, 6.07) is 0.416. The summed E-state index contributed by atoms with van der Waals surface area (Å²) in [6.45, 7) is 7.48. The first-order chi connectivity index (χ1) is 9.94. The van der Waals surface area contributed by atoms with Gasteiger partial charge in [-0.3, -0.25) is 0 Å². The van der Waals surface area contributed by atoms with E-state index < -0.39 is 5.60 Å². The lowest BCUT2D eigenvalue weighted by Crippen LogP contribution is -2.45. The van der Waals surface area contributed by atoms with Gasteiger partial charge in [0.05, 0.1) is 0 Å². The fourth-order valence-corrected chi connectivity index (χ4v) is 3.12. The molecule has 0 radical (unpaired) electrons. The molecule has 0 aromatic rings. The highest BCUT2D eigenvalue weighted by atomic mass is 16.6. The first kappa shape index (κ1) is 16.6. The van der Waals surface area contributed by atoms with Crippen LogP contribution in [0, 0.1) is 11.8 Å². The predicted molar refractivity (Wildman–Crippen MR) is 85.3 cm³/mol. The van der Waals surface area contributed by atoms with Crippen molar-refractivity contribution in [3.8, 4) is 0 Å². The lowest BCUT2D eigenvalue weighted by atomic mass is 9.89. The van der Waals surface area contributed by atoms with Crippen LogP contribution in [0.3, 0.4) is 0 Å². The van der Waals surface area contributed by atoms with E-state index in [-0.39, 0.29) is 6.09 Å². The molecule has 4 heteroatoms. The second-order valence-corrected chi connectivity index (χ2v) is 7.74. The Morgan fingerprint density at radius 2 is 1.81 bits per heavy atom. The smallest absolute Gasteiger partial charge is 0.407 e. The molecule has 2 saturated carbocycles. The van der Waals surface area contributed by atoms with E-state index in [1.165, 1.54) is 44.9 Å². The second kappa shape index (κ2) is 7.48. The van der Waals surface area contributed by atoms with Crippen molar-refractivity contribution in [3.63, 3.8) is 0 Å². The average molecular weight is 296 g/mol. The first-order valence-corrected chi connectivity index (χ1v) is 8.64. The van der Waals surface area contributed by atoms with E-state index in [1.54, 1.807) is 0 Å². The monoisotopic (exact) mass is 296 g/mol. The zero-order valence-electron chi connectivity index (χ0n) is 13.9. The highest BCUT2D eigenvalue weighted by Gasteiger charge is 2.32. The van der Waals surface area contributed by atoms with Gasteiger partial charge < -0.3 is 15.4 Å². The largest absolute Gasteiger partial charge is 0.444 e. The molecule has 122 valence electrons. The van der Waals surface area contributed by atoms with E-state index >= 15 is 0 Å². The molecule has 1 atom stereocenters. The second-order valence-electron chi connectivity index (χ2n) is 7.74. The van der Waals surface area contributed by atoms with Crippen molar-refractivity contribution in [2.75, 3.05) is 13.1 Å². The number of rotatable bonds is 6. The van der Waals surface area contributed by atoms with Crippen LogP contribution in [0.2, 0.25) is 0 Å². The third kappa shape index (κ3) is 6.68. The Kier molecular flexibility index (Phi) is 5.91. The van der Waals surface area contributed by atoms with E-state index in [1.807, 2.05) is 20.8 Å². The average Bonchev–Trinajstić information content (AvgIpc) is 3.22. The van der Waals surface area contributed by atoms with Crippen LogP contribution < -0.4 is 10.6 Å². The summed E-state index contributed by atoms with van der Waals surface area (Å²) >= 11 is 0. The Bertz CT molecular complexity index is 328. The molecular weight excluding hydrogens is 264 g/mol. The Balaban J connectivity index is 1.68. The van der Waals surface area contributed by atoms with E-state index in [4.69, 9.17) is 4.74 Å². The Morgan fingerprint density at radius 1 is 1.14 bits per heavy atom. The number of alkyl carbamates (subject to hydrolysis) is 1. The van der Waals surface area contributed by atoms with E-state index in [0.29, 0.717) is 12.6 Å². The van der Waals surface area contributed by atoms with Gasteiger partial charge in [-0.2, -0.15) is 0 Å². The van der Waals surface area contributed by atoms with Gasteiger partial charge in [0.15, 0.2) is 0 Å². The van der Waals surface area contributed by atoms with Gasteiger partial charge >= 0.3 is 6.09 Å². The van der Waals surface area contributed by atoms with Crippen LogP contribution in [0.25, 0.3) is 0 Å². The highest BCUT2D eigenvalue weighted by Crippen LogP contribution is 2.33. The number of ether oxygens (including phenoxy) is 1. The Hall–Kier alpha value is -0.770. The topological polar surface area (TPSA) is 50.4 Å². The van der Waals surface area contributed by atoms with E-state index in [9.17, 15) is 4.79 Å². The van der Waals surface area contributed by atoms with Crippen molar-refractivity contribution < 1.29 is 9.53 Å². The fourth-order valence-electron chi connectivity index (χ4n) is 3.12. The van der Waals surface area contributed by atoms with Crippen LogP contribution in [0.1, 0.15) is 65.7 Å². The normalized spacial score (nSPS) is 21.9.